The van der Waals surface area contributed by atoms with E-state index in [9.17, 15) is 9.65 Å². The topological polar surface area (TPSA) is 118 Å². The van der Waals surface area contributed by atoms with Crippen LogP contribution < -0.4 is 11.1 Å². The van der Waals surface area contributed by atoms with Gasteiger partial charge in [0.25, 0.3) is 0 Å². The Balaban J connectivity index is 1.79. The van der Waals surface area contributed by atoms with Gasteiger partial charge in [0, 0.05) is 12.3 Å². The van der Waals surface area contributed by atoms with Crippen molar-refractivity contribution in [3.8, 4) is 11.9 Å². The molecule has 138 valence electrons. The number of imidazole rings is 1. The SMILES string of the molecule is Cc1nc(N)nc(NCc2nc3ccc(F)cc3n2-c2ccccn2)c1C#N. The number of halogens is 1. The molecule has 0 unspecified atom stereocenters. The Hall–Kier alpha value is -4.06. The molecule has 0 radical (unpaired) electrons. The van der Waals surface area contributed by atoms with Crippen LogP contribution >= 0.6 is 0 Å². The number of aryl methyl sites for hydroxylation is 1. The first-order valence-corrected chi connectivity index (χ1v) is 8.43. The Morgan fingerprint density at radius 3 is 2.82 bits per heavy atom. The molecular weight excluding hydrogens is 359 g/mol. The van der Waals surface area contributed by atoms with Gasteiger partial charge in [0.05, 0.1) is 23.3 Å². The van der Waals surface area contributed by atoms with Crippen molar-refractivity contribution in [2.75, 3.05) is 11.1 Å². The van der Waals surface area contributed by atoms with E-state index in [0.717, 1.165) is 0 Å². The number of nitrogen functional groups attached to an aromatic ring is 1. The van der Waals surface area contributed by atoms with Gasteiger partial charge in [0.2, 0.25) is 5.95 Å². The molecule has 28 heavy (non-hydrogen) atoms. The quantitative estimate of drug-likeness (QED) is 0.564. The largest absolute Gasteiger partial charge is 0.368 e. The lowest BCUT2D eigenvalue weighted by molar-refractivity contribution is 0.629. The molecule has 0 aliphatic heterocycles. The predicted molar refractivity (Wildman–Crippen MR) is 102 cm³/mol. The van der Waals surface area contributed by atoms with Crippen LogP contribution in [0.1, 0.15) is 17.1 Å². The van der Waals surface area contributed by atoms with Gasteiger partial charge in [-0.25, -0.2) is 19.3 Å². The van der Waals surface area contributed by atoms with E-state index < -0.39 is 0 Å². The maximum Gasteiger partial charge on any atom is 0.222 e. The fourth-order valence-electron chi connectivity index (χ4n) is 2.98. The molecule has 0 saturated carbocycles. The molecule has 0 bridgehead atoms. The minimum Gasteiger partial charge on any atom is -0.368 e. The van der Waals surface area contributed by atoms with Crippen molar-refractivity contribution < 1.29 is 4.39 Å². The molecule has 1 aromatic carbocycles. The lowest BCUT2D eigenvalue weighted by atomic mass is 10.2. The van der Waals surface area contributed by atoms with Gasteiger partial charge in [-0.2, -0.15) is 10.2 Å². The van der Waals surface area contributed by atoms with E-state index >= 15 is 0 Å². The summed E-state index contributed by atoms with van der Waals surface area (Å²) in [6.07, 6.45) is 1.65. The van der Waals surface area contributed by atoms with Crippen molar-refractivity contribution in [2.24, 2.45) is 0 Å². The molecule has 0 fully saturated rings. The van der Waals surface area contributed by atoms with Crippen LogP contribution in [0.15, 0.2) is 42.6 Å². The fraction of sp³-hybridized carbons (Fsp3) is 0.105. The summed E-state index contributed by atoms with van der Waals surface area (Å²) in [7, 11) is 0. The van der Waals surface area contributed by atoms with E-state index in [1.807, 2.05) is 12.1 Å². The molecule has 8 nitrogen and oxygen atoms in total. The van der Waals surface area contributed by atoms with Crippen LogP contribution in [0.2, 0.25) is 0 Å². The monoisotopic (exact) mass is 374 g/mol. The minimum absolute atomic E-state index is 0.0688. The second kappa shape index (κ2) is 6.92. The molecule has 0 saturated heterocycles. The van der Waals surface area contributed by atoms with Crippen molar-refractivity contribution in [1.29, 1.82) is 5.26 Å². The third-order valence-electron chi connectivity index (χ3n) is 4.20. The van der Waals surface area contributed by atoms with Crippen molar-refractivity contribution in [2.45, 2.75) is 13.5 Å². The molecular formula is C19H15FN8. The highest BCUT2D eigenvalue weighted by Crippen LogP contribution is 2.23. The number of pyridine rings is 1. The number of hydrogen-bond acceptors (Lipinski definition) is 7. The number of rotatable bonds is 4. The van der Waals surface area contributed by atoms with E-state index in [1.165, 1.54) is 12.1 Å². The summed E-state index contributed by atoms with van der Waals surface area (Å²) in [5.41, 5.74) is 7.72. The number of hydrogen-bond donors (Lipinski definition) is 2. The molecule has 0 amide bonds. The fourth-order valence-corrected chi connectivity index (χ4v) is 2.98. The second-order valence-electron chi connectivity index (χ2n) is 6.04. The maximum absolute atomic E-state index is 13.8. The van der Waals surface area contributed by atoms with Crippen LogP contribution in [0, 0.1) is 24.1 Å². The number of nitrogens with one attached hydrogen (secondary N) is 1. The van der Waals surface area contributed by atoms with E-state index in [-0.39, 0.29) is 18.3 Å². The third-order valence-corrected chi connectivity index (χ3v) is 4.20. The minimum atomic E-state index is -0.366. The van der Waals surface area contributed by atoms with Gasteiger partial charge in [-0.15, -0.1) is 0 Å². The standard InChI is InChI=1S/C19H15FN8/c1-11-13(9-21)18(27-19(22)25-11)24-10-17-26-14-6-5-12(20)8-15(14)28(17)16-4-2-3-7-23-16/h2-8H,10H2,1H3,(H3,22,24,25,27). The molecule has 3 aromatic heterocycles. The zero-order valence-electron chi connectivity index (χ0n) is 14.9. The summed E-state index contributed by atoms with van der Waals surface area (Å²) < 4.78 is 15.6. The molecule has 0 spiro atoms. The van der Waals surface area contributed by atoms with Gasteiger partial charge in [-0.3, -0.25) is 4.57 Å². The van der Waals surface area contributed by atoms with Crippen molar-refractivity contribution in [3.63, 3.8) is 0 Å². The highest BCUT2D eigenvalue weighted by atomic mass is 19.1. The van der Waals surface area contributed by atoms with Crippen molar-refractivity contribution in [3.05, 3.63) is 65.5 Å². The molecule has 3 heterocycles. The van der Waals surface area contributed by atoms with E-state index in [0.29, 0.717) is 39.8 Å². The highest BCUT2D eigenvalue weighted by Gasteiger charge is 2.16. The molecule has 0 aliphatic carbocycles. The van der Waals surface area contributed by atoms with Crippen LogP contribution in [-0.2, 0) is 6.54 Å². The maximum atomic E-state index is 13.8. The molecule has 0 atom stereocenters. The van der Waals surface area contributed by atoms with E-state index in [1.54, 1.807) is 29.8 Å². The van der Waals surface area contributed by atoms with Crippen LogP contribution in [0.4, 0.5) is 16.2 Å². The smallest absolute Gasteiger partial charge is 0.222 e. The zero-order valence-corrected chi connectivity index (χ0v) is 14.9. The number of nitriles is 1. The van der Waals surface area contributed by atoms with Gasteiger partial charge < -0.3 is 11.1 Å². The summed E-state index contributed by atoms with van der Waals surface area (Å²) in [6, 6.07) is 11.9. The first-order valence-electron chi connectivity index (χ1n) is 8.43. The van der Waals surface area contributed by atoms with Crippen molar-refractivity contribution in [1.82, 2.24) is 24.5 Å². The summed E-state index contributed by atoms with van der Waals surface area (Å²) in [6.45, 7) is 1.91. The molecule has 0 aliphatic rings. The van der Waals surface area contributed by atoms with Crippen LogP contribution in [-0.4, -0.2) is 24.5 Å². The lowest BCUT2D eigenvalue weighted by Crippen LogP contribution is -2.12. The summed E-state index contributed by atoms with van der Waals surface area (Å²) in [5, 5.41) is 12.5. The van der Waals surface area contributed by atoms with Crippen LogP contribution in [0.3, 0.4) is 0 Å². The number of anilines is 2. The molecule has 4 aromatic rings. The van der Waals surface area contributed by atoms with Crippen LogP contribution in [0.25, 0.3) is 16.9 Å². The third kappa shape index (κ3) is 3.07. The Kier molecular flexibility index (Phi) is 4.29. The average Bonchev–Trinajstić information content (AvgIpc) is 3.04. The predicted octanol–water partition coefficient (Wildman–Crippen LogP) is 2.72. The Bertz CT molecular complexity index is 1210. The average molecular weight is 374 g/mol. The summed E-state index contributed by atoms with van der Waals surface area (Å²) in [5.74, 6) is 1.21. The van der Waals surface area contributed by atoms with Gasteiger partial charge >= 0.3 is 0 Å². The number of nitrogens with zero attached hydrogens (tertiary/aromatic N) is 6. The molecule has 9 heteroatoms. The van der Waals surface area contributed by atoms with Crippen LogP contribution in [0.5, 0.6) is 0 Å². The van der Waals surface area contributed by atoms with E-state index in [2.05, 4.69) is 31.3 Å². The van der Waals surface area contributed by atoms with Gasteiger partial charge in [-0.05, 0) is 31.2 Å². The number of aromatic nitrogens is 5. The summed E-state index contributed by atoms with van der Waals surface area (Å²) in [4.78, 5) is 17.0. The van der Waals surface area contributed by atoms with Gasteiger partial charge in [0.15, 0.2) is 0 Å². The number of nitrogens with two attached hydrogens (primary N) is 1. The Morgan fingerprint density at radius 1 is 1.21 bits per heavy atom. The van der Waals surface area contributed by atoms with Crippen molar-refractivity contribution >= 4 is 22.8 Å². The Morgan fingerprint density at radius 2 is 2.07 bits per heavy atom. The van der Waals surface area contributed by atoms with Gasteiger partial charge in [-0.1, -0.05) is 6.07 Å². The first-order chi connectivity index (χ1) is 13.6. The second-order valence-corrected chi connectivity index (χ2v) is 6.04. The number of fused-ring (bicyclic) bond motifs is 1. The first kappa shape index (κ1) is 17.4. The molecule has 3 N–H and O–H groups in total. The molecule has 4 rings (SSSR count). The summed E-state index contributed by atoms with van der Waals surface area (Å²) >= 11 is 0. The van der Waals surface area contributed by atoms with E-state index in [4.69, 9.17) is 5.73 Å². The normalized spacial score (nSPS) is 10.8. The highest BCUT2D eigenvalue weighted by molar-refractivity contribution is 5.78. The zero-order chi connectivity index (χ0) is 19.7. The lowest BCUT2D eigenvalue weighted by Gasteiger charge is -2.11. The Labute approximate surface area is 159 Å². The number of benzene rings is 1. The van der Waals surface area contributed by atoms with Gasteiger partial charge in [0.1, 0.15) is 34.9 Å².